The highest BCUT2D eigenvalue weighted by Gasteiger charge is 2.12. The summed E-state index contributed by atoms with van der Waals surface area (Å²) in [4.78, 5) is 1.15. The van der Waals surface area contributed by atoms with Gasteiger partial charge < -0.3 is 27.2 Å². The second-order valence-electron chi connectivity index (χ2n) is 6.07. The van der Waals surface area contributed by atoms with Gasteiger partial charge in [-0.25, -0.2) is 0 Å². The zero-order valence-corrected chi connectivity index (χ0v) is 17.6. The number of thiophene rings is 1. The summed E-state index contributed by atoms with van der Waals surface area (Å²) < 4.78 is 11.4. The van der Waals surface area contributed by atoms with Crippen LogP contribution in [0, 0.1) is 6.92 Å². The minimum Gasteiger partial charge on any atom is -1.00 e. The number of rotatable bonds is 8. The number of ether oxygens (including phenoxy) is 2. The van der Waals surface area contributed by atoms with Gasteiger partial charge in [0.15, 0.2) is 11.5 Å². The Bertz CT molecular complexity index is 836. The Morgan fingerprint density at radius 2 is 1.78 bits per heavy atom. The molecule has 0 radical (unpaired) electrons. The van der Waals surface area contributed by atoms with Gasteiger partial charge >= 0.3 is 0 Å². The van der Waals surface area contributed by atoms with E-state index >= 15 is 0 Å². The monoisotopic (exact) mass is 422 g/mol. The van der Waals surface area contributed by atoms with Crippen LogP contribution in [0.1, 0.15) is 21.6 Å². The standard InChI is InChI=1S/C21H22ClNO2S.ClH/c1-15-5-7-16(8-6-15)12-23-13-17-10-19(22)21(20(11-17)24-2)25-14-18-4-3-9-26-18;/h3-11,23H,12-14H2,1-2H3;1H/p-1. The molecule has 2 aromatic carbocycles. The molecule has 0 unspecified atom stereocenters. The van der Waals surface area contributed by atoms with Crippen LogP contribution in [0.15, 0.2) is 53.9 Å². The van der Waals surface area contributed by atoms with E-state index in [1.807, 2.05) is 29.6 Å². The lowest BCUT2D eigenvalue weighted by molar-refractivity contribution is -0.00000574. The van der Waals surface area contributed by atoms with Crippen molar-refractivity contribution in [1.29, 1.82) is 0 Å². The third kappa shape index (κ3) is 6.15. The molecule has 0 aliphatic carbocycles. The number of methoxy groups -OCH3 is 1. The molecule has 0 spiro atoms. The van der Waals surface area contributed by atoms with Gasteiger partial charge in [-0.3, -0.25) is 0 Å². The van der Waals surface area contributed by atoms with Crippen molar-refractivity contribution in [1.82, 2.24) is 5.32 Å². The third-order valence-electron chi connectivity index (χ3n) is 4.01. The number of benzene rings is 2. The number of hydrogen-bond donors (Lipinski definition) is 1. The molecule has 0 aliphatic rings. The summed E-state index contributed by atoms with van der Waals surface area (Å²) >= 11 is 8.09. The molecule has 3 rings (SSSR count). The average Bonchev–Trinajstić information content (AvgIpc) is 3.15. The van der Waals surface area contributed by atoms with Gasteiger partial charge in [0.05, 0.1) is 12.1 Å². The highest BCUT2D eigenvalue weighted by molar-refractivity contribution is 7.09. The molecule has 0 saturated carbocycles. The summed E-state index contributed by atoms with van der Waals surface area (Å²) in [6.07, 6.45) is 0. The summed E-state index contributed by atoms with van der Waals surface area (Å²) in [5.41, 5.74) is 3.58. The van der Waals surface area contributed by atoms with Crippen LogP contribution in [0.4, 0.5) is 0 Å². The smallest absolute Gasteiger partial charge is 0.180 e. The van der Waals surface area contributed by atoms with E-state index in [-0.39, 0.29) is 12.4 Å². The molecule has 3 nitrogen and oxygen atoms in total. The Balaban J connectivity index is 0.00000261. The van der Waals surface area contributed by atoms with Gasteiger partial charge in [-0.1, -0.05) is 47.5 Å². The molecule has 0 saturated heterocycles. The van der Waals surface area contributed by atoms with Crippen LogP contribution in [-0.4, -0.2) is 7.11 Å². The average molecular weight is 423 g/mol. The summed E-state index contributed by atoms with van der Waals surface area (Å²) in [5, 5.41) is 6.03. The lowest BCUT2D eigenvalue weighted by atomic mass is 10.1. The summed E-state index contributed by atoms with van der Waals surface area (Å²) in [7, 11) is 1.63. The molecule has 1 heterocycles. The van der Waals surface area contributed by atoms with Crippen LogP contribution < -0.4 is 27.2 Å². The van der Waals surface area contributed by atoms with Crippen LogP contribution in [-0.2, 0) is 19.7 Å². The summed E-state index contributed by atoms with van der Waals surface area (Å²) in [5.74, 6) is 1.24. The SMILES string of the molecule is COc1cc(CNCc2ccc(C)cc2)cc(Cl)c1OCc1cccs1.[Cl-]. The quantitative estimate of drug-likeness (QED) is 0.604. The van der Waals surface area contributed by atoms with E-state index in [0.717, 1.165) is 17.0 Å². The van der Waals surface area contributed by atoms with Crippen molar-refractivity contribution >= 4 is 22.9 Å². The van der Waals surface area contributed by atoms with Crippen molar-refractivity contribution in [3.63, 3.8) is 0 Å². The van der Waals surface area contributed by atoms with Gasteiger partial charge in [-0.2, -0.15) is 0 Å². The van der Waals surface area contributed by atoms with Gasteiger partial charge in [0.1, 0.15) is 6.61 Å². The lowest BCUT2D eigenvalue weighted by Crippen LogP contribution is -3.00. The normalized spacial score (nSPS) is 10.3. The highest BCUT2D eigenvalue weighted by atomic mass is 35.5. The van der Waals surface area contributed by atoms with E-state index in [4.69, 9.17) is 21.1 Å². The molecule has 0 atom stereocenters. The van der Waals surface area contributed by atoms with Gasteiger partial charge in [0, 0.05) is 18.0 Å². The highest BCUT2D eigenvalue weighted by Crippen LogP contribution is 2.37. The first-order chi connectivity index (χ1) is 12.7. The Kier molecular flexibility index (Phi) is 8.45. The molecule has 1 N–H and O–H groups in total. The van der Waals surface area contributed by atoms with Gasteiger partial charge in [-0.15, -0.1) is 11.3 Å². The molecule has 27 heavy (non-hydrogen) atoms. The molecule has 144 valence electrons. The zero-order valence-electron chi connectivity index (χ0n) is 15.3. The van der Waals surface area contributed by atoms with Crippen molar-refractivity contribution in [2.24, 2.45) is 0 Å². The molecule has 0 bridgehead atoms. The number of nitrogens with one attached hydrogen (secondary N) is 1. The minimum atomic E-state index is 0. The van der Waals surface area contributed by atoms with Crippen molar-refractivity contribution in [3.8, 4) is 11.5 Å². The van der Waals surface area contributed by atoms with Crippen LogP contribution >= 0.6 is 22.9 Å². The van der Waals surface area contributed by atoms with Crippen LogP contribution in [0.2, 0.25) is 5.02 Å². The van der Waals surface area contributed by atoms with Gasteiger partial charge in [0.25, 0.3) is 0 Å². The molecule has 0 amide bonds. The second-order valence-corrected chi connectivity index (χ2v) is 7.51. The Hall–Kier alpha value is -1.72. The van der Waals surface area contributed by atoms with Crippen molar-refractivity contribution in [2.75, 3.05) is 7.11 Å². The van der Waals surface area contributed by atoms with Crippen molar-refractivity contribution in [2.45, 2.75) is 26.6 Å². The van der Waals surface area contributed by atoms with E-state index < -0.39 is 0 Å². The first-order valence-electron chi connectivity index (χ1n) is 8.43. The first kappa shape index (κ1) is 21.6. The van der Waals surface area contributed by atoms with E-state index in [1.54, 1.807) is 18.4 Å². The predicted molar refractivity (Wildman–Crippen MR) is 108 cm³/mol. The molecule has 0 fully saturated rings. The topological polar surface area (TPSA) is 30.5 Å². The largest absolute Gasteiger partial charge is 1.00 e. The fourth-order valence-corrected chi connectivity index (χ4v) is 3.51. The molecule has 3 aromatic rings. The fraction of sp³-hybridized carbons (Fsp3) is 0.238. The number of halogens is 2. The fourth-order valence-electron chi connectivity index (χ4n) is 2.61. The van der Waals surface area contributed by atoms with E-state index in [1.165, 1.54) is 11.1 Å². The van der Waals surface area contributed by atoms with Crippen LogP contribution in [0.5, 0.6) is 11.5 Å². The Morgan fingerprint density at radius 1 is 1.04 bits per heavy atom. The third-order valence-corrected chi connectivity index (χ3v) is 5.14. The van der Waals surface area contributed by atoms with Crippen molar-refractivity contribution < 1.29 is 21.9 Å². The molecule has 1 aromatic heterocycles. The van der Waals surface area contributed by atoms with Crippen LogP contribution in [0.3, 0.4) is 0 Å². The van der Waals surface area contributed by atoms with Crippen molar-refractivity contribution in [3.05, 3.63) is 80.5 Å². The minimum absolute atomic E-state index is 0. The maximum atomic E-state index is 6.44. The molecular formula is C21H22Cl2NO2S-. The van der Waals surface area contributed by atoms with E-state index in [2.05, 4.69) is 36.5 Å². The maximum Gasteiger partial charge on any atom is 0.180 e. The Labute approximate surface area is 175 Å². The number of aryl methyl sites for hydroxylation is 1. The summed E-state index contributed by atoms with van der Waals surface area (Å²) in [6.45, 7) is 4.08. The number of hydrogen-bond acceptors (Lipinski definition) is 4. The Morgan fingerprint density at radius 3 is 2.44 bits per heavy atom. The van der Waals surface area contributed by atoms with Gasteiger partial charge in [-0.05, 0) is 41.6 Å². The zero-order chi connectivity index (χ0) is 18.4. The van der Waals surface area contributed by atoms with Gasteiger partial charge in [0.2, 0.25) is 0 Å². The second kappa shape index (κ2) is 10.6. The molecular weight excluding hydrogens is 401 g/mol. The van der Waals surface area contributed by atoms with E-state index in [0.29, 0.717) is 29.7 Å². The first-order valence-corrected chi connectivity index (χ1v) is 9.69. The van der Waals surface area contributed by atoms with E-state index in [9.17, 15) is 0 Å². The maximum absolute atomic E-state index is 6.44. The summed E-state index contributed by atoms with van der Waals surface area (Å²) in [6, 6.07) is 16.5. The van der Waals surface area contributed by atoms with Crippen LogP contribution in [0.25, 0.3) is 0 Å². The molecule has 0 aliphatic heterocycles. The predicted octanol–water partition coefficient (Wildman–Crippen LogP) is 2.59. The lowest BCUT2D eigenvalue weighted by Gasteiger charge is -2.14. The molecule has 6 heteroatoms.